The number of ether oxygens (including phenoxy) is 1. The number of hydrogen-bond acceptors (Lipinski definition) is 4. The highest BCUT2D eigenvalue weighted by atomic mass is 16.5. The third kappa shape index (κ3) is 2.86. The summed E-state index contributed by atoms with van der Waals surface area (Å²) >= 11 is 0. The number of carbonyl (C=O) groups is 1. The van der Waals surface area contributed by atoms with E-state index in [1.807, 2.05) is 56.3 Å². The first kappa shape index (κ1) is 18.7. The second-order valence-electron chi connectivity index (χ2n) is 7.85. The molecule has 2 aromatic rings. The average molecular weight is 359 g/mol. The van der Waals surface area contributed by atoms with Crippen LogP contribution in [-0.2, 0) is 4.74 Å². The number of amides is 1. The van der Waals surface area contributed by atoms with Gasteiger partial charge in [0.15, 0.2) is 5.82 Å². The quantitative estimate of drug-likeness (QED) is 0.817. The second kappa shape index (κ2) is 6.58. The molecule has 1 aliphatic rings. The predicted octanol–water partition coefficient (Wildman–Crippen LogP) is 3.67. The van der Waals surface area contributed by atoms with Crippen LogP contribution in [0.4, 0.5) is 0 Å². The van der Waals surface area contributed by atoms with E-state index in [1.54, 1.807) is 0 Å². The van der Waals surface area contributed by atoms with Crippen LogP contribution in [0.1, 0.15) is 54.7 Å². The standard InChI is InChI=1S/C20H29N3O3/c1-8-25-17-11-16(20(17,5)6)22(7)19(24)15-9-12(2)23(14(15)4)18-10-13(3)26-21-18/h9-10,16-17H,8,11H2,1-7H3/t16-,17+/m0/s1. The van der Waals surface area contributed by atoms with Crippen LogP contribution in [0.25, 0.3) is 5.82 Å². The Morgan fingerprint density at radius 3 is 2.62 bits per heavy atom. The normalized spacial score (nSPS) is 21.5. The smallest absolute Gasteiger partial charge is 0.255 e. The predicted molar refractivity (Wildman–Crippen MR) is 99.7 cm³/mol. The van der Waals surface area contributed by atoms with Crippen molar-refractivity contribution in [1.29, 1.82) is 0 Å². The summed E-state index contributed by atoms with van der Waals surface area (Å²) in [6, 6.07) is 3.98. The van der Waals surface area contributed by atoms with Gasteiger partial charge in [-0.25, -0.2) is 0 Å². The van der Waals surface area contributed by atoms with E-state index >= 15 is 0 Å². The zero-order valence-electron chi connectivity index (χ0n) is 16.8. The molecule has 1 fully saturated rings. The Bertz CT molecular complexity index is 818. The topological polar surface area (TPSA) is 60.5 Å². The molecule has 0 bridgehead atoms. The first-order valence-electron chi connectivity index (χ1n) is 9.19. The van der Waals surface area contributed by atoms with Crippen molar-refractivity contribution in [2.45, 2.75) is 60.1 Å². The number of rotatable bonds is 5. The molecule has 142 valence electrons. The lowest BCUT2D eigenvalue weighted by molar-refractivity contribution is -0.136. The summed E-state index contributed by atoms with van der Waals surface area (Å²) in [5, 5.41) is 4.09. The molecule has 0 N–H and O–H groups in total. The maximum atomic E-state index is 13.2. The molecule has 2 aromatic heterocycles. The lowest BCUT2D eigenvalue weighted by Gasteiger charge is -2.54. The van der Waals surface area contributed by atoms with Gasteiger partial charge in [-0.15, -0.1) is 0 Å². The van der Waals surface area contributed by atoms with Gasteiger partial charge in [0, 0.05) is 42.6 Å². The number of nitrogens with zero attached hydrogens (tertiary/aromatic N) is 3. The van der Waals surface area contributed by atoms with Crippen LogP contribution >= 0.6 is 0 Å². The van der Waals surface area contributed by atoms with E-state index in [0.717, 1.165) is 23.6 Å². The van der Waals surface area contributed by atoms with Crippen molar-refractivity contribution in [3.63, 3.8) is 0 Å². The van der Waals surface area contributed by atoms with Crippen molar-refractivity contribution in [2.24, 2.45) is 5.41 Å². The monoisotopic (exact) mass is 359 g/mol. The summed E-state index contributed by atoms with van der Waals surface area (Å²) in [5.74, 6) is 1.49. The SMILES string of the molecule is CCO[C@@H]1C[C@H](N(C)C(=O)c2cc(C)n(-c3cc(C)on3)c2C)C1(C)C. The van der Waals surface area contributed by atoms with Crippen molar-refractivity contribution < 1.29 is 14.1 Å². The van der Waals surface area contributed by atoms with Crippen LogP contribution in [0.5, 0.6) is 0 Å². The van der Waals surface area contributed by atoms with E-state index in [4.69, 9.17) is 9.26 Å². The molecule has 1 aliphatic carbocycles. The van der Waals surface area contributed by atoms with Crippen LogP contribution in [0.15, 0.2) is 16.7 Å². The molecular weight excluding hydrogens is 330 g/mol. The molecule has 0 saturated heterocycles. The van der Waals surface area contributed by atoms with E-state index in [2.05, 4.69) is 19.0 Å². The minimum atomic E-state index is -0.0465. The van der Waals surface area contributed by atoms with E-state index in [0.29, 0.717) is 18.0 Å². The minimum absolute atomic E-state index is 0.0394. The fourth-order valence-corrected chi connectivity index (χ4v) is 4.13. The fourth-order valence-electron chi connectivity index (χ4n) is 4.13. The van der Waals surface area contributed by atoms with Crippen molar-refractivity contribution >= 4 is 5.91 Å². The van der Waals surface area contributed by atoms with Gasteiger partial charge in [0.25, 0.3) is 5.91 Å². The number of carbonyl (C=O) groups excluding carboxylic acids is 1. The zero-order valence-corrected chi connectivity index (χ0v) is 16.8. The van der Waals surface area contributed by atoms with Crippen molar-refractivity contribution in [1.82, 2.24) is 14.6 Å². The molecule has 6 heteroatoms. The zero-order chi connectivity index (χ0) is 19.2. The molecule has 2 heterocycles. The molecule has 0 spiro atoms. The fraction of sp³-hybridized carbons (Fsp3) is 0.600. The molecule has 0 radical (unpaired) electrons. The van der Waals surface area contributed by atoms with Gasteiger partial charge in [-0.3, -0.25) is 9.36 Å². The van der Waals surface area contributed by atoms with Crippen LogP contribution in [0, 0.1) is 26.2 Å². The van der Waals surface area contributed by atoms with Crippen LogP contribution < -0.4 is 0 Å². The summed E-state index contributed by atoms with van der Waals surface area (Å²) in [6.45, 7) is 12.9. The summed E-state index contributed by atoms with van der Waals surface area (Å²) in [5.41, 5.74) is 2.51. The Morgan fingerprint density at radius 1 is 1.38 bits per heavy atom. The molecule has 2 atom stereocenters. The van der Waals surface area contributed by atoms with Gasteiger partial charge < -0.3 is 14.2 Å². The van der Waals surface area contributed by atoms with Gasteiger partial charge >= 0.3 is 0 Å². The molecular formula is C20H29N3O3. The van der Waals surface area contributed by atoms with E-state index in [-0.39, 0.29) is 23.5 Å². The molecule has 3 rings (SSSR count). The van der Waals surface area contributed by atoms with E-state index in [9.17, 15) is 4.79 Å². The summed E-state index contributed by atoms with van der Waals surface area (Å²) in [4.78, 5) is 15.1. The summed E-state index contributed by atoms with van der Waals surface area (Å²) in [7, 11) is 1.89. The highest BCUT2D eigenvalue weighted by Gasteiger charge is 2.52. The first-order valence-corrected chi connectivity index (χ1v) is 9.19. The van der Waals surface area contributed by atoms with Crippen molar-refractivity contribution in [2.75, 3.05) is 13.7 Å². The van der Waals surface area contributed by atoms with Gasteiger partial charge in [0.1, 0.15) is 5.76 Å². The van der Waals surface area contributed by atoms with Crippen molar-refractivity contribution in [3.05, 3.63) is 34.8 Å². The lowest BCUT2D eigenvalue weighted by atomic mass is 9.63. The van der Waals surface area contributed by atoms with Gasteiger partial charge in [0.2, 0.25) is 0 Å². The summed E-state index contributed by atoms with van der Waals surface area (Å²) < 4.78 is 13.0. The minimum Gasteiger partial charge on any atom is -0.378 e. The van der Waals surface area contributed by atoms with E-state index in [1.165, 1.54) is 0 Å². The molecule has 26 heavy (non-hydrogen) atoms. The largest absolute Gasteiger partial charge is 0.378 e. The maximum absolute atomic E-state index is 13.2. The summed E-state index contributed by atoms with van der Waals surface area (Å²) in [6.07, 6.45) is 1.09. The number of aromatic nitrogens is 2. The lowest BCUT2D eigenvalue weighted by Crippen LogP contribution is -2.62. The third-order valence-electron chi connectivity index (χ3n) is 5.79. The van der Waals surface area contributed by atoms with Gasteiger partial charge in [-0.1, -0.05) is 19.0 Å². The number of aryl methyl sites for hydroxylation is 2. The van der Waals surface area contributed by atoms with Gasteiger partial charge in [0.05, 0.1) is 11.7 Å². The maximum Gasteiger partial charge on any atom is 0.255 e. The highest BCUT2D eigenvalue weighted by molar-refractivity contribution is 5.96. The molecule has 0 aliphatic heterocycles. The first-order chi connectivity index (χ1) is 12.2. The average Bonchev–Trinajstić information content (AvgIpc) is 3.12. The highest BCUT2D eigenvalue weighted by Crippen LogP contribution is 2.45. The Balaban J connectivity index is 1.85. The molecule has 0 aromatic carbocycles. The van der Waals surface area contributed by atoms with Crippen molar-refractivity contribution in [3.8, 4) is 5.82 Å². The Hall–Kier alpha value is -2.08. The van der Waals surface area contributed by atoms with Gasteiger partial charge in [-0.05, 0) is 40.2 Å². The van der Waals surface area contributed by atoms with Crippen LogP contribution in [0.2, 0.25) is 0 Å². The van der Waals surface area contributed by atoms with Crippen LogP contribution in [-0.4, -0.2) is 46.3 Å². The third-order valence-corrected chi connectivity index (χ3v) is 5.79. The Labute approximate surface area is 155 Å². The van der Waals surface area contributed by atoms with E-state index < -0.39 is 0 Å². The van der Waals surface area contributed by atoms with Gasteiger partial charge in [-0.2, -0.15) is 0 Å². The molecule has 6 nitrogen and oxygen atoms in total. The Morgan fingerprint density at radius 2 is 2.08 bits per heavy atom. The molecule has 1 saturated carbocycles. The number of hydrogen-bond donors (Lipinski definition) is 0. The molecule has 0 unspecified atom stereocenters. The van der Waals surface area contributed by atoms with Crippen LogP contribution in [0.3, 0.4) is 0 Å². The second-order valence-corrected chi connectivity index (χ2v) is 7.85. The Kier molecular flexibility index (Phi) is 4.73. The molecule has 1 amide bonds.